The third-order valence-electron chi connectivity index (χ3n) is 11.5. The molecule has 1 unspecified atom stereocenters. The molecular formula is C37H46ClN3O7S. The van der Waals surface area contributed by atoms with Crippen molar-refractivity contribution in [1.29, 1.82) is 0 Å². The van der Waals surface area contributed by atoms with Gasteiger partial charge in [-0.3, -0.25) is 14.3 Å². The quantitative estimate of drug-likeness (QED) is 0.446. The van der Waals surface area contributed by atoms with Crippen molar-refractivity contribution in [2.75, 3.05) is 45.3 Å². The smallest absolute Gasteiger partial charge is 0.270 e. The number of methoxy groups -OCH3 is 1. The van der Waals surface area contributed by atoms with Crippen molar-refractivity contribution in [2.45, 2.75) is 80.2 Å². The van der Waals surface area contributed by atoms with Gasteiger partial charge in [-0.15, -0.1) is 0 Å². The number of halogens is 1. The lowest BCUT2D eigenvalue weighted by atomic mass is 9.68. The van der Waals surface area contributed by atoms with Crippen LogP contribution < -0.4 is 14.4 Å². The Morgan fingerprint density at radius 1 is 1.14 bits per heavy atom. The lowest BCUT2D eigenvalue weighted by Gasteiger charge is -2.46. The minimum atomic E-state index is -4.00. The Kier molecular flexibility index (Phi) is 9.26. The van der Waals surface area contributed by atoms with Crippen LogP contribution in [-0.2, 0) is 41.8 Å². The molecule has 3 aliphatic carbocycles. The van der Waals surface area contributed by atoms with Crippen LogP contribution in [0.1, 0.15) is 68.1 Å². The summed E-state index contributed by atoms with van der Waals surface area (Å²) in [7, 11) is -0.635. The van der Waals surface area contributed by atoms with E-state index in [9.17, 15) is 23.1 Å². The second-order valence-electron chi connectivity index (χ2n) is 14.7. The number of amides is 2. The molecule has 2 aromatic carbocycles. The first-order chi connectivity index (χ1) is 23.4. The molecule has 0 radical (unpaired) electrons. The number of carbonyl (C=O) groups is 2. The molecule has 2 heterocycles. The summed E-state index contributed by atoms with van der Waals surface area (Å²) >= 11 is 6.44. The highest BCUT2D eigenvalue weighted by Crippen LogP contribution is 2.48. The average molecular weight is 712 g/mol. The van der Waals surface area contributed by atoms with Gasteiger partial charge in [0.05, 0.1) is 30.1 Å². The lowest BCUT2D eigenvalue weighted by Crippen LogP contribution is -2.50. The van der Waals surface area contributed by atoms with Gasteiger partial charge in [0.1, 0.15) is 5.75 Å². The Hall–Kier alpha value is -3.12. The Bertz CT molecular complexity index is 1760. The first-order valence-corrected chi connectivity index (χ1v) is 19.4. The van der Waals surface area contributed by atoms with Crippen LogP contribution >= 0.6 is 11.6 Å². The van der Waals surface area contributed by atoms with Gasteiger partial charge in [-0.1, -0.05) is 35.9 Å². The molecule has 5 atom stereocenters. The predicted molar refractivity (Wildman–Crippen MR) is 187 cm³/mol. The van der Waals surface area contributed by atoms with Gasteiger partial charge in [-0.2, -0.15) is 0 Å². The molecule has 7 rings (SSSR count). The Morgan fingerprint density at radius 2 is 1.96 bits per heavy atom. The third kappa shape index (κ3) is 6.59. The van der Waals surface area contributed by atoms with Gasteiger partial charge in [0, 0.05) is 44.2 Å². The Morgan fingerprint density at radius 3 is 2.69 bits per heavy atom. The second-order valence-corrected chi connectivity index (χ2v) is 17.1. The number of sulfonamides is 1. The van der Waals surface area contributed by atoms with E-state index in [0.29, 0.717) is 73.8 Å². The number of hydrogen-bond donors (Lipinski definition) is 2. The molecule has 264 valence electrons. The summed E-state index contributed by atoms with van der Waals surface area (Å²) in [5.41, 5.74) is 0.515. The molecule has 0 saturated heterocycles. The standard InChI is InChI=1S/C37H46ClN3O7S/c1-40-17-4-3-7-32(47-2)29-13-8-25(29)21-41-22-36(16-5-6-24-18-27(38)10-14-30(24)36)23-48-33-15-9-26(19-31(33)41)37(44,20-34(40)42)35(43)39-49(45,46)28-11-12-28/h3,7,9-10,14-15,18-19,25,28-29,32,44H,4-6,8,11-13,16-17,20-23H2,1-2H3,(H,39,43)/b7-3+/t25-,29+,32-,36-,37?/m0/s1. The van der Waals surface area contributed by atoms with E-state index in [-0.39, 0.29) is 17.1 Å². The number of benzene rings is 2. The topological polar surface area (TPSA) is 125 Å². The summed E-state index contributed by atoms with van der Waals surface area (Å²) in [5.74, 6) is -0.382. The summed E-state index contributed by atoms with van der Waals surface area (Å²) in [6, 6.07) is 11.2. The molecule has 10 nitrogen and oxygen atoms in total. The van der Waals surface area contributed by atoms with Crippen molar-refractivity contribution >= 4 is 39.1 Å². The number of ether oxygens (including phenoxy) is 2. The highest BCUT2D eigenvalue weighted by atomic mass is 35.5. The number of nitrogens with zero attached hydrogens (tertiary/aromatic N) is 2. The molecule has 12 heteroatoms. The minimum absolute atomic E-state index is 0.0598. The normalized spacial score (nSPS) is 31.1. The molecule has 2 bridgehead atoms. The highest BCUT2D eigenvalue weighted by Gasteiger charge is 2.48. The third-order valence-corrected chi connectivity index (χ3v) is 13.6. The first kappa shape index (κ1) is 34.3. The molecule has 5 aliphatic rings. The number of aliphatic hydroxyl groups is 1. The fraction of sp³-hybridized carbons (Fsp3) is 0.568. The maximum absolute atomic E-state index is 13.9. The molecule has 2 aliphatic heterocycles. The number of anilines is 1. The summed E-state index contributed by atoms with van der Waals surface area (Å²) in [4.78, 5) is 31.3. The van der Waals surface area contributed by atoms with E-state index in [2.05, 4.69) is 27.8 Å². The number of fused-ring (bicyclic) bond motifs is 4. The average Bonchev–Trinajstić information content (AvgIpc) is 3.93. The molecule has 2 saturated carbocycles. The predicted octanol–water partition coefficient (Wildman–Crippen LogP) is 4.46. The van der Waals surface area contributed by atoms with Crippen LogP contribution in [0.5, 0.6) is 5.75 Å². The van der Waals surface area contributed by atoms with Crippen LogP contribution in [0.2, 0.25) is 5.02 Å². The van der Waals surface area contributed by atoms with Gasteiger partial charge >= 0.3 is 0 Å². The van der Waals surface area contributed by atoms with Crippen LogP contribution in [0.3, 0.4) is 0 Å². The monoisotopic (exact) mass is 711 g/mol. The van der Waals surface area contributed by atoms with Crippen molar-refractivity contribution in [2.24, 2.45) is 11.8 Å². The fourth-order valence-corrected chi connectivity index (χ4v) is 9.82. The van der Waals surface area contributed by atoms with Crippen molar-refractivity contribution in [3.63, 3.8) is 0 Å². The van der Waals surface area contributed by atoms with Crippen LogP contribution in [0.4, 0.5) is 5.69 Å². The van der Waals surface area contributed by atoms with E-state index in [1.807, 2.05) is 12.1 Å². The summed E-state index contributed by atoms with van der Waals surface area (Å²) in [5, 5.41) is 12.3. The van der Waals surface area contributed by atoms with Gasteiger partial charge in [0.25, 0.3) is 5.91 Å². The maximum atomic E-state index is 13.9. The zero-order valence-electron chi connectivity index (χ0n) is 28.2. The number of rotatable bonds is 4. The highest BCUT2D eigenvalue weighted by molar-refractivity contribution is 7.90. The number of aryl methyl sites for hydroxylation is 1. The molecular weight excluding hydrogens is 666 g/mol. The van der Waals surface area contributed by atoms with Gasteiger partial charge in [0.2, 0.25) is 15.9 Å². The van der Waals surface area contributed by atoms with Crippen molar-refractivity contribution in [3.8, 4) is 5.75 Å². The fourth-order valence-electron chi connectivity index (χ4n) is 8.27. The zero-order chi connectivity index (χ0) is 34.6. The van der Waals surface area contributed by atoms with Gasteiger partial charge < -0.3 is 24.4 Å². The van der Waals surface area contributed by atoms with Crippen LogP contribution in [0.25, 0.3) is 0 Å². The van der Waals surface area contributed by atoms with Crippen molar-refractivity contribution < 1.29 is 32.6 Å². The summed E-state index contributed by atoms with van der Waals surface area (Å²) in [6.45, 7) is 2.14. The summed E-state index contributed by atoms with van der Waals surface area (Å²) < 4.78 is 40.6. The van der Waals surface area contributed by atoms with Crippen molar-refractivity contribution in [3.05, 3.63) is 70.3 Å². The Balaban J connectivity index is 1.34. The molecule has 49 heavy (non-hydrogen) atoms. The van der Waals surface area contributed by atoms with E-state index in [1.165, 1.54) is 16.0 Å². The van der Waals surface area contributed by atoms with Crippen LogP contribution in [0, 0.1) is 11.8 Å². The molecule has 2 fully saturated rings. The van der Waals surface area contributed by atoms with E-state index in [1.54, 1.807) is 32.4 Å². The maximum Gasteiger partial charge on any atom is 0.270 e. The number of hydrogen-bond acceptors (Lipinski definition) is 8. The zero-order valence-corrected chi connectivity index (χ0v) is 29.8. The molecule has 2 aromatic rings. The van der Waals surface area contributed by atoms with Gasteiger partial charge in [-0.25, -0.2) is 8.42 Å². The number of nitrogens with one attached hydrogen (secondary N) is 1. The molecule has 2 amide bonds. The lowest BCUT2D eigenvalue weighted by molar-refractivity contribution is -0.148. The van der Waals surface area contributed by atoms with E-state index in [4.69, 9.17) is 21.1 Å². The molecule has 0 aromatic heterocycles. The van der Waals surface area contributed by atoms with Crippen LogP contribution in [0.15, 0.2) is 48.6 Å². The van der Waals surface area contributed by atoms with E-state index >= 15 is 0 Å². The van der Waals surface area contributed by atoms with Gasteiger partial charge in [0.15, 0.2) is 5.60 Å². The van der Waals surface area contributed by atoms with E-state index < -0.39 is 39.1 Å². The second kappa shape index (κ2) is 13.2. The largest absolute Gasteiger partial charge is 0.490 e. The van der Waals surface area contributed by atoms with E-state index in [0.717, 1.165) is 32.1 Å². The molecule has 2 N–H and O–H groups in total. The SMILES string of the molecule is CO[C@H]1/C=C/CCN(C)C(=O)CC(O)(C(=O)NS(=O)(=O)C2CC2)c2ccc3c(c2)N(C[C@@H]2CC[C@H]21)C[C@@]1(CCCc2cc(Cl)ccc21)CO3. The molecule has 1 spiro atoms. The van der Waals surface area contributed by atoms with Gasteiger partial charge in [-0.05, 0) is 104 Å². The first-order valence-electron chi connectivity index (χ1n) is 17.5. The Labute approximate surface area is 293 Å². The van der Waals surface area contributed by atoms with Crippen molar-refractivity contribution in [1.82, 2.24) is 9.62 Å². The van der Waals surface area contributed by atoms with Crippen LogP contribution in [-0.4, -0.2) is 82.0 Å². The minimum Gasteiger partial charge on any atom is -0.490 e. The number of carbonyl (C=O) groups excluding carboxylic acids is 2. The summed E-state index contributed by atoms with van der Waals surface area (Å²) in [6.07, 6.45) is 9.81.